The van der Waals surface area contributed by atoms with Crippen molar-refractivity contribution >= 4 is 27.1 Å². The number of rotatable bonds is 8. The van der Waals surface area contributed by atoms with Gasteiger partial charge in [-0.1, -0.05) is 119 Å². The van der Waals surface area contributed by atoms with Crippen LogP contribution < -0.4 is 0 Å². The van der Waals surface area contributed by atoms with Gasteiger partial charge in [-0.25, -0.2) is 4.31 Å². The second-order valence-corrected chi connectivity index (χ2v) is 17.2. The largest absolute Gasteiger partial charge is 0.395 e. The average Bonchev–Trinajstić information content (AvgIpc) is 2.86. The molecule has 260 valence electrons. The maximum atomic E-state index is 13.1. The van der Waals surface area contributed by atoms with Crippen molar-refractivity contribution in [2.45, 2.75) is 110 Å². The van der Waals surface area contributed by atoms with Gasteiger partial charge in [-0.3, -0.25) is 0 Å². The van der Waals surface area contributed by atoms with Crippen LogP contribution in [-0.4, -0.2) is 59.8 Å². The zero-order valence-electron chi connectivity index (χ0n) is 29.2. The molecule has 1 atom stereocenters. The minimum absolute atomic E-state index is 0. The molecule has 12 heteroatoms. The van der Waals surface area contributed by atoms with Crippen LogP contribution >= 0.6 is 27.1 Å². The lowest BCUT2D eigenvalue weighted by Gasteiger charge is -2.49. The summed E-state index contributed by atoms with van der Waals surface area (Å²) in [6, 6.07) is 12.2. The lowest BCUT2D eigenvalue weighted by Crippen LogP contribution is -2.55. The maximum Gasteiger partial charge on any atom is 0.334 e. The molecule has 8 N–H and O–H groups in total. The molecule has 0 spiro atoms. The molecule has 0 aliphatic rings. The first-order valence-electron chi connectivity index (χ1n) is 14.6. The van der Waals surface area contributed by atoms with Gasteiger partial charge in [0.05, 0.1) is 25.2 Å². The van der Waals surface area contributed by atoms with E-state index in [1.807, 2.05) is 24.3 Å². The highest BCUT2D eigenvalue weighted by Crippen LogP contribution is 2.51. The predicted octanol–water partition coefficient (Wildman–Crippen LogP) is 5.56. The van der Waals surface area contributed by atoms with Crippen LogP contribution in [0.25, 0.3) is 0 Å². The van der Waals surface area contributed by atoms with Crippen molar-refractivity contribution in [2.75, 3.05) is 19.8 Å². The predicted molar refractivity (Wildman–Crippen MR) is 189 cm³/mol. The molecule has 0 radical (unpaired) electrons. The summed E-state index contributed by atoms with van der Waals surface area (Å²) in [5.41, 5.74) is 0.863. The first-order valence-corrected chi connectivity index (χ1v) is 17.0. The fraction of sp³-hybridized carbons (Fsp3) is 0.636. The van der Waals surface area contributed by atoms with E-state index in [1.165, 1.54) is 0 Å². The highest BCUT2D eigenvalue weighted by atomic mass is 31.2. The Morgan fingerprint density at radius 3 is 0.978 bits per heavy atom. The molecule has 0 saturated heterocycles. The van der Waals surface area contributed by atoms with E-state index in [0.29, 0.717) is 11.1 Å². The van der Waals surface area contributed by atoms with Gasteiger partial charge in [0.15, 0.2) is 0 Å². The van der Waals surface area contributed by atoms with Crippen LogP contribution in [0.15, 0.2) is 36.4 Å². The Kier molecular flexibility index (Phi) is 16.0. The SMILES string of the molecule is CC(C)(C)c1ccc(C(O)(c2ccc(C(C)(C)C)cc2C(C)(C)C)C(CO)(CO)CO)c(C(C)(C)C)c1.OP(O)OP(O)O.P. The molecule has 45 heavy (non-hydrogen) atoms. The van der Waals surface area contributed by atoms with E-state index >= 15 is 0 Å². The summed E-state index contributed by atoms with van der Waals surface area (Å²) in [6.07, 6.45) is 0. The van der Waals surface area contributed by atoms with Crippen molar-refractivity contribution in [2.24, 2.45) is 5.41 Å². The van der Waals surface area contributed by atoms with Crippen LogP contribution in [0, 0.1) is 5.41 Å². The van der Waals surface area contributed by atoms with E-state index < -0.39 is 48.0 Å². The molecule has 0 amide bonds. The van der Waals surface area contributed by atoms with Crippen molar-refractivity contribution in [3.05, 3.63) is 69.8 Å². The lowest BCUT2D eigenvalue weighted by molar-refractivity contribution is -0.137. The second-order valence-electron chi connectivity index (χ2n) is 15.6. The van der Waals surface area contributed by atoms with E-state index in [1.54, 1.807) is 0 Å². The maximum absolute atomic E-state index is 13.1. The summed E-state index contributed by atoms with van der Waals surface area (Å²) >= 11 is 0. The van der Waals surface area contributed by atoms with E-state index in [-0.39, 0.29) is 31.6 Å². The van der Waals surface area contributed by atoms with Gasteiger partial charge in [0, 0.05) is 0 Å². The van der Waals surface area contributed by atoms with Gasteiger partial charge >= 0.3 is 17.2 Å². The van der Waals surface area contributed by atoms with Crippen LogP contribution in [0.3, 0.4) is 0 Å². The second kappa shape index (κ2) is 16.2. The molecule has 2 aromatic carbocycles. The van der Waals surface area contributed by atoms with Crippen molar-refractivity contribution in [1.29, 1.82) is 0 Å². The number of hydrogen-bond acceptors (Lipinski definition) is 9. The Morgan fingerprint density at radius 2 is 0.800 bits per heavy atom. The lowest BCUT2D eigenvalue weighted by atomic mass is 9.60. The summed E-state index contributed by atoms with van der Waals surface area (Å²) in [6.45, 7) is 23.8. The fourth-order valence-electron chi connectivity index (χ4n) is 5.17. The van der Waals surface area contributed by atoms with Gasteiger partial charge in [-0.15, -0.1) is 0 Å². The molecular formula is C33H59O9P3. The van der Waals surface area contributed by atoms with E-state index in [4.69, 9.17) is 19.6 Å². The Labute approximate surface area is 276 Å². The number of benzene rings is 2. The third-order valence-electron chi connectivity index (χ3n) is 7.99. The van der Waals surface area contributed by atoms with Crippen molar-refractivity contribution < 1.29 is 44.3 Å². The first-order chi connectivity index (χ1) is 19.7. The topological polar surface area (TPSA) is 171 Å². The van der Waals surface area contributed by atoms with Gasteiger partial charge in [-0.2, -0.15) is 9.90 Å². The van der Waals surface area contributed by atoms with Gasteiger partial charge < -0.3 is 40.0 Å². The number of aliphatic hydroxyl groups excluding tert-OH is 3. The summed E-state index contributed by atoms with van der Waals surface area (Å²) < 4.78 is 3.60. The number of aliphatic hydroxyl groups is 4. The highest BCUT2D eigenvalue weighted by Gasteiger charge is 2.55. The number of hydrogen-bond donors (Lipinski definition) is 8. The first kappa shape index (κ1) is 44.4. The Morgan fingerprint density at radius 1 is 0.511 bits per heavy atom. The van der Waals surface area contributed by atoms with Crippen LogP contribution in [0.2, 0.25) is 0 Å². The van der Waals surface area contributed by atoms with Crippen LogP contribution in [0.5, 0.6) is 0 Å². The van der Waals surface area contributed by atoms with Gasteiger partial charge in [0.25, 0.3) is 0 Å². The standard InChI is InChI=1S/C33H52O4.H4O5P2.H3P/c1-28(2,3)22-13-15-24(26(17-22)30(7,8)9)33(37,32(19-34,20-35)21-36)25-16-14-23(29(4,5)6)18-27(25)31(10,11)12;1-6(2)5-7(3)4;/h13-18,34-37H,19-21H2,1-12H3;1-4H;1H3. The molecule has 0 bridgehead atoms. The average molecular weight is 693 g/mol. The van der Waals surface area contributed by atoms with Crippen molar-refractivity contribution in [1.82, 2.24) is 0 Å². The molecule has 2 aromatic rings. The van der Waals surface area contributed by atoms with Crippen molar-refractivity contribution in [3.63, 3.8) is 0 Å². The Hall–Kier alpha value is -0.630. The molecule has 1 unspecified atom stereocenters. The minimum Gasteiger partial charge on any atom is -0.395 e. The summed E-state index contributed by atoms with van der Waals surface area (Å²) in [4.78, 5) is 31.3. The molecule has 0 aliphatic heterocycles. The summed E-state index contributed by atoms with van der Waals surface area (Å²) in [7, 11) is -5.22. The Balaban J connectivity index is 0.00000216. The third-order valence-corrected chi connectivity index (χ3v) is 9.16. The molecular weight excluding hydrogens is 633 g/mol. The van der Waals surface area contributed by atoms with Gasteiger partial charge in [-0.05, 0) is 55.0 Å². The summed E-state index contributed by atoms with van der Waals surface area (Å²) in [5, 5.41) is 45.2. The molecule has 0 fully saturated rings. The van der Waals surface area contributed by atoms with Crippen LogP contribution in [0.1, 0.15) is 116 Å². The van der Waals surface area contributed by atoms with E-state index in [2.05, 4.69) is 99.5 Å². The quantitative estimate of drug-likeness (QED) is 0.165. The molecule has 0 aromatic heterocycles. The van der Waals surface area contributed by atoms with Crippen LogP contribution in [-0.2, 0) is 31.6 Å². The zero-order valence-corrected chi connectivity index (χ0v) is 32.4. The third kappa shape index (κ3) is 10.7. The zero-order chi connectivity index (χ0) is 34.7. The Bertz CT molecular complexity index is 1130. The van der Waals surface area contributed by atoms with Gasteiger partial charge in [0.1, 0.15) is 5.60 Å². The van der Waals surface area contributed by atoms with E-state index in [9.17, 15) is 20.4 Å². The highest BCUT2D eigenvalue weighted by molar-refractivity contribution is 7.53. The van der Waals surface area contributed by atoms with Gasteiger partial charge in [0.2, 0.25) is 0 Å². The monoisotopic (exact) mass is 692 g/mol. The molecule has 2 rings (SSSR count). The van der Waals surface area contributed by atoms with Crippen molar-refractivity contribution in [3.8, 4) is 0 Å². The smallest absolute Gasteiger partial charge is 0.334 e. The molecule has 9 nitrogen and oxygen atoms in total. The van der Waals surface area contributed by atoms with Crippen LogP contribution in [0.4, 0.5) is 0 Å². The summed E-state index contributed by atoms with van der Waals surface area (Å²) in [5.74, 6) is 0. The fourth-order valence-corrected chi connectivity index (χ4v) is 5.69. The molecule has 0 saturated carbocycles. The molecule has 0 aliphatic carbocycles. The van der Waals surface area contributed by atoms with E-state index in [0.717, 1.165) is 22.3 Å². The molecule has 0 heterocycles. The normalized spacial score (nSPS) is 13.5. The minimum atomic E-state index is -2.61.